The van der Waals surface area contributed by atoms with E-state index in [4.69, 9.17) is 23.2 Å². The monoisotopic (exact) mass is 398 g/mol. The summed E-state index contributed by atoms with van der Waals surface area (Å²) in [5.41, 5.74) is -0.369. The van der Waals surface area contributed by atoms with Gasteiger partial charge < -0.3 is 5.32 Å². The van der Waals surface area contributed by atoms with Crippen molar-refractivity contribution in [3.8, 4) is 0 Å². The van der Waals surface area contributed by atoms with E-state index in [0.717, 1.165) is 18.2 Å². The van der Waals surface area contributed by atoms with Gasteiger partial charge in [0.05, 0.1) is 26.9 Å². The van der Waals surface area contributed by atoms with Crippen molar-refractivity contribution in [1.29, 1.82) is 0 Å². The highest BCUT2D eigenvalue weighted by atomic mass is 35.5. The predicted molar refractivity (Wildman–Crippen MR) is 91.4 cm³/mol. The molecule has 1 aliphatic rings. The lowest BCUT2D eigenvalue weighted by molar-refractivity contribution is -0.119. The number of carbonyl (C=O) groups is 3. The zero-order valence-corrected chi connectivity index (χ0v) is 14.7. The number of halogens is 4. The summed E-state index contributed by atoms with van der Waals surface area (Å²) in [6, 6.07) is 3.75. The van der Waals surface area contributed by atoms with Crippen LogP contribution in [-0.4, -0.2) is 28.7 Å². The van der Waals surface area contributed by atoms with E-state index in [1.54, 1.807) is 0 Å². The van der Waals surface area contributed by atoms with E-state index >= 15 is 0 Å². The molecule has 26 heavy (non-hydrogen) atoms. The fourth-order valence-corrected chi connectivity index (χ4v) is 2.88. The van der Waals surface area contributed by atoms with Crippen molar-refractivity contribution in [2.45, 2.75) is 13.0 Å². The van der Waals surface area contributed by atoms with E-state index in [9.17, 15) is 23.2 Å². The molecule has 2 aromatic rings. The van der Waals surface area contributed by atoms with Crippen LogP contribution in [0.3, 0.4) is 0 Å². The quantitative estimate of drug-likeness (QED) is 0.797. The number of hydrogen-bond acceptors (Lipinski definition) is 3. The molecule has 0 fully saturated rings. The largest absolute Gasteiger partial charge is 0.322 e. The highest BCUT2D eigenvalue weighted by Gasteiger charge is 2.41. The number of nitrogens with zero attached hydrogens (tertiary/aromatic N) is 1. The van der Waals surface area contributed by atoms with Crippen molar-refractivity contribution in [2.75, 3.05) is 5.32 Å². The summed E-state index contributed by atoms with van der Waals surface area (Å²) in [7, 11) is 0. The molecule has 0 saturated carbocycles. The number of hydrogen-bond donors (Lipinski definition) is 1. The zero-order chi connectivity index (χ0) is 19.2. The highest BCUT2D eigenvalue weighted by molar-refractivity contribution is 6.43. The van der Waals surface area contributed by atoms with Gasteiger partial charge in [0.25, 0.3) is 11.8 Å². The van der Waals surface area contributed by atoms with E-state index in [2.05, 4.69) is 5.32 Å². The maximum atomic E-state index is 13.7. The normalized spacial score (nSPS) is 14.4. The zero-order valence-electron chi connectivity index (χ0n) is 13.1. The van der Waals surface area contributed by atoms with Crippen LogP contribution in [0.25, 0.3) is 0 Å². The van der Waals surface area contributed by atoms with Crippen molar-refractivity contribution in [3.63, 3.8) is 0 Å². The molecule has 0 aliphatic carbocycles. The Morgan fingerprint density at radius 3 is 2.12 bits per heavy atom. The number of fused-ring (bicyclic) bond motifs is 1. The second-order valence-corrected chi connectivity index (χ2v) is 6.40. The molecule has 3 rings (SSSR count). The van der Waals surface area contributed by atoms with Gasteiger partial charge in [-0.25, -0.2) is 8.78 Å². The van der Waals surface area contributed by atoms with Gasteiger partial charge in [-0.15, -0.1) is 0 Å². The minimum absolute atomic E-state index is 0.0148. The lowest BCUT2D eigenvalue weighted by Gasteiger charge is -2.21. The number of benzene rings is 2. The third-order valence-corrected chi connectivity index (χ3v) is 4.63. The molecule has 0 saturated heterocycles. The average molecular weight is 399 g/mol. The molecular weight excluding hydrogens is 389 g/mol. The van der Waals surface area contributed by atoms with Gasteiger partial charge in [0.15, 0.2) is 0 Å². The molecule has 2 aromatic carbocycles. The Morgan fingerprint density at radius 2 is 1.58 bits per heavy atom. The Kier molecular flexibility index (Phi) is 4.68. The summed E-state index contributed by atoms with van der Waals surface area (Å²) < 4.78 is 26.9. The first-order valence-corrected chi connectivity index (χ1v) is 8.09. The lowest BCUT2D eigenvalue weighted by Crippen LogP contribution is -2.45. The molecule has 9 heteroatoms. The SMILES string of the molecule is C[C@@H](C(=O)Nc1cc(F)ccc1F)N1C(=O)c2cc(Cl)c(Cl)cc2C1=O. The van der Waals surface area contributed by atoms with E-state index in [1.165, 1.54) is 19.1 Å². The second-order valence-electron chi connectivity index (χ2n) is 5.58. The molecule has 0 unspecified atom stereocenters. The first-order valence-electron chi connectivity index (χ1n) is 7.33. The van der Waals surface area contributed by atoms with E-state index in [-0.39, 0.29) is 21.2 Å². The summed E-state index contributed by atoms with van der Waals surface area (Å²) in [6.07, 6.45) is 0. The Balaban J connectivity index is 1.87. The highest BCUT2D eigenvalue weighted by Crippen LogP contribution is 2.32. The number of anilines is 1. The predicted octanol–water partition coefficient (Wildman–Crippen LogP) is 3.89. The molecule has 5 nitrogen and oxygen atoms in total. The fraction of sp³-hybridized carbons (Fsp3) is 0.118. The third-order valence-electron chi connectivity index (χ3n) is 3.91. The smallest absolute Gasteiger partial charge is 0.262 e. The number of nitrogens with one attached hydrogen (secondary N) is 1. The van der Waals surface area contributed by atoms with Crippen molar-refractivity contribution in [3.05, 3.63) is 63.1 Å². The number of imide groups is 1. The second kappa shape index (κ2) is 6.66. The standard InChI is InChI=1S/C17H10Cl2F2N2O3/c1-7(15(24)22-14-4-8(20)2-3-13(14)21)23-16(25)9-5-11(18)12(19)6-10(9)17(23)26/h2-7H,1H3,(H,22,24)/t7-/m0/s1. The van der Waals surface area contributed by atoms with Crippen molar-refractivity contribution in [2.24, 2.45) is 0 Å². The molecule has 0 radical (unpaired) electrons. The van der Waals surface area contributed by atoms with E-state index < -0.39 is 41.1 Å². The van der Waals surface area contributed by atoms with Crippen molar-refractivity contribution >= 4 is 46.6 Å². The van der Waals surface area contributed by atoms with Gasteiger partial charge in [0.1, 0.15) is 17.7 Å². The van der Waals surface area contributed by atoms with Crippen LogP contribution < -0.4 is 5.32 Å². The lowest BCUT2D eigenvalue weighted by atomic mass is 10.1. The maximum absolute atomic E-state index is 13.7. The van der Waals surface area contributed by atoms with Gasteiger partial charge in [-0.3, -0.25) is 19.3 Å². The van der Waals surface area contributed by atoms with Gasteiger partial charge in [-0.1, -0.05) is 23.2 Å². The molecule has 0 bridgehead atoms. The Bertz CT molecular complexity index is 924. The van der Waals surface area contributed by atoms with Crippen LogP contribution >= 0.6 is 23.2 Å². The van der Waals surface area contributed by atoms with Gasteiger partial charge >= 0.3 is 0 Å². The topological polar surface area (TPSA) is 66.5 Å². The molecular formula is C17H10Cl2F2N2O3. The van der Waals surface area contributed by atoms with E-state index in [1.807, 2.05) is 0 Å². The number of carbonyl (C=O) groups excluding carboxylic acids is 3. The molecule has 1 heterocycles. The third kappa shape index (κ3) is 3.04. The van der Waals surface area contributed by atoms with E-state index in [0.29, 0.717) is 4.90 Å². The van der Waals surface area contributed by atoms with Gasteiger partial charge in [-0.05, 0) is 31.2 Å². The summed E-state index contributed by atoms with van der Waals surface area (Å²) in [4.78, 5) is 38.0. The van der Waals surface area contributed by atoms with Gasteiger partial charge in [0.2, 0.25) is 5.91 Å². The van der Waals surface area contributed by atoms with Crippen LogP contribution in [0.15, 0.2) is 30.3 Å². The Labute approximate surface area is 156 Å². The summed E-state index contributed by atoms with van der Waals surface area (Å²) >= 11 is 11.7. The molecule has 134 valence electrons. The van der Waals surface area contributed by atoms with Crippen LogP contribution in [-0.2, 0) is 4.79 Å². The molecule has 1 atom stereocenters. The minimum Gasteiger partial charge on any atom is -0.322 e. The number of amides is 3. The molecule has 0 aromatic heterocycles. The molecule has 3 amide bonds. The van der Waals surface area contributed by atoms with Crippen LogP contribution in [0.2, 0.25) is 10.0 Å². The van der Waals surface area contributed by atoms with Gasteiger partial charge in [-0.2, -0.15) is 0 Å². The van der Waals surface area contributed by atoms with Crippen LogP contribution in [0.5, 0.6) is 0 Å². The van der Waals surface area contributed by atoms with Crippen LogP contribution in [0.1, 0.15) is 27.6 Å². The molecule has 1 N–H and O–H groups in total. The van der Waals surface area contributed by atoms with Crippen LogP contribution in [0.4, 0.5) is 14.5 Å². The molecule has 1 aliphatic heterocycles. The first-order chi connectivity index (χ1) is 12.2. The van der Waals surface area contributed by atoms with Gasteiger partial charge in [0, 0.05) is 6.07 Å². The van der Waals surface area contributed by atoms with Crippen LogP contribution in [0, 0.1) is 11.6 Å². The summed E-state index contributed by atoms with van der Waals surface area (Å²) in [5, 5.41) is 2.35. The summed E-state index contributed by atoms with van der Waals surface area (Å²) in [6.45, 7) is 1.29. The van der Waals surface area contributed by atoms with Crippen molar-refractivity contribution in [1.82, 2.24) is 4.90 Å². The summed E-state index contributed by atoms with van der Waals surface area (Å²) in [5.74, 6) is -3.93. The Hall–Kier alpha value is -2.51. The Morgan fingerprint density at radius 1 is 1.04 bits per heavy atom. The maximum Gasteiger partial charge on any atom is 0.262 e. The number of rotatable bonds is 3. The average Bonchev–Trinajstić information content (AvgIpc) is 2.81. The first kappa shape index (κ1) is 18.3. The molecule has 0 spiro atoms. The van der Waals surface area contributed by atoms with Crippen molar-refractivity contribution < 1.29 is 23.2 Å². The minimum atomic E-state index is -1.28. The fourth-order valence-electron chi connectivity index (χ4n) is 2.55.